The Kier molecular flexibility index (Phi) is 6.67. The van der Waals surface area contributed by atoms with Gasteiger partial charge in [-0.1, -0.05) is 57.6 Å². The van der Waals surface area contributed by atoms with Crippen molar-refractivity contribution in [2.24, 2.45) is 4.99 Å². The van der Waals surface area contributed by atoms with Crippen LogP contribution in [0.15, 0.2) is 68.0 Å². The molecule has 0 saturated heterocycles. The number of methoxy groups -OCH3 is 1. The summed E-state index contributed by atoms with van der Waals surface area (Å²) in [5, 5.41) is 0. The van der Waals surface area contributed by atoms with Crippen LogP contribution in [-0.4, -0.2) is 24.3 Å². The summed E-state index contributed by atoms with van der Waals surface area (Å²) in [4.78, 5) is 31.7. The van der Waals surface area contributed by atoms with Crippen molar-refractivity contribution in [1.29, 1.82) is 0 Å². The van der Waals surface area contributed by atoms with Gasteiger partial charge in [0.25, 0.3) is 5.56 Å². The molecule has 0 unspecified atom stereocenters. The number of benzene rings is 2. The molecule has 2 aromatic carbocycles. The number of halogens is 1. The molecule has 33 heavy (non-hydrogen) atoms. The number of aromatic nitrogens is 1. The molecule has 2 heterocycles. The van der Waals surface area contributed by atoms with Gasteiger partial charge in [-0.2, -0.15) is 0 Å². The Morgan fingerprint density at radius 3 is 2.70 bits per heavy atom. The number of allylic oxidation sites excluding steroid dienone is 1. The average Bonchev–Trinajstić information content (AvgIpc) is 3.10. The molecule has 0 amide bonds. The van der Waals surface area contributed by atoms with Gasteiger partial charge in [0.05, 0.1) is 29.5 Å². The molecule has 3 aromatic rings. The second kappa shape index (κ2) is 9.49. The lowest BCUT2D eigenvalue weighted by molar-refractivity contribution is -0.139. The molecule has 170 valence electrons. The van der Waals surface area contributed by atoms with Crippen molar-refractivity contribution in [3.63, 3.8) is 0 Å². The van der Waals surface area contributed by atoms with Gasteiger partial charge in [0, 0.05) is 10.0 Å². The van der Waals surface area contributed by atoms with E-state index >= 15 is 0 Å². The molecule has 6 nitrogen and oxygen atoms in total. The van der Waals surface area contributed by atoms with Crippen molar-refractivity contribution in [2.75, 3.05) is 13.7 Å². The Bertz CT molecular complexity index is 1450. The molecule has 0 bridgehead atoms. The lowest BCUT2D eigenvalue weighted by atomic mass is 9.95. The van der Waals surface area contributed by atoms with E-state index in [-0.39, 0.29) is 12.2 Å². The number of aryl methyl sites for hydroxylation is 1. The highest BCUT2D eigenvalue weighted by atomic mass is 79.9. The highest BCUT2D eigenvalue weighted by molar-refractivity contribution is 9.10. The number of carbonyl (C=O) groups is 1. The maximum absolute atomic E-state index is 13.6. The van der Waals surface area contributed by atoms with Gasteiger partial charge in [-0.15, -0.1) is 0 Å². The molecule has 0 fully saturated rings. The number of fused-ring (bicyclic) bond motifs is 1. The standard InChI is InChI=1S/C25H23BrN2O4S/c1-5-32-24(30)21-15(3)27-25-28(22(21)17-8-6-7-9-19(17)31-4)23(29)20(33-25)13-16-11-10-14(2)18(26)12-16/h6-13,22H,5H2,1-4H3/b20-13-/t22-/m1/s1. The molecule has 0 aliphatic carbocycles. The monoisotopic (exact) mass is 526 g/mol. The predicted molar refractivity (Wildman–Crippen MR) is 132 cm³/mol. The van der Waals surface area contributed by atoms with E-state index in [1.165, 1.54) is 11.3 Å². The highest BCUT2D eigenvalue weighted by Crippen LogP contribution is 2.35. The molecule has 8 heteroatoms. The third-order valence-corrected chi connectivity index (χ3v) is 7.28. The van der Waals surface area contributed by atoms with Crippen molar-refractivity contribution >= 4 is 39.3 Å². The third-order valence-electron chi connectivity index (χ3n) is 5.44. The minimum Gasteiger partial charge on any atom is -0.496 e. The Morgan fingerprint density at radius 2 is 2.00 bits per heavy atom. The molecular weight excluding hydrogens is 504 g/mol. The van der Waals surface area contributed by atoms with Crippen LogP contribution in [-0.2, 0) is 9.53 Å². The van der Waals surface area contributed by atoms with E-state index in [0.29, 0.717) is 31.9 Å². The summed E-state index contributed by atoms with van der Waals surface area (Å²) in [5.74, 6) is 0.0856. The lowest BCUT2D eigenvalue weighted by Crippen LogP contribution is -2.40. The maximum Gasteiger partial charge on any atom is 0.338 e. The summed E-state index contributed by atoms with van der Waals surface area (Å²) in [5.41, 5.74) is 3.34. The van der Waals surface area contributed by atoms with Crippen LogP contribution in [0.2, 0.25) is 0 Å². The maximum atomic E-state index is 13.6. The normalized spacial score (nSPS) is 15.8. The summed E-state index contributed by atoms with van der Waals surface area (Å²) in [6.45, 7) is 5.75. The van der Waals surface area contributed by atoms with E-state index in [9.17, 15) is 9.59 Å². The van der Waals surface area contributed by atoms with Crippen molar-refractivity contribution in [3.05, 3.63) is 94.6 Å². The van der Waals surface area contributed by atoms with E-state index in [4.69, 9.17) is 9.47 Å². The first-order valence-corrected chi connectivity index (χ1v) is 12.0. The number of nitrogens with zero attached hydrogens (tertiary/aromatic N) is 2. The van der Waals surface area contributed by atoms with Crippen LogP contribution in [0.1, 0.15) is 36.6 Å². The summed E-state index contributed by atoms with van der Waals surface area (Å²) in [6, 6.07) is 12.6. The SMILES string of the molecule is CCOC(=O)C1=C(C)N=c2s/c(=C\c3ccc(C)c(Br)c3)c(=O)n2[C@@H]1c1ccccc1OC. The topological polar surface area (TPSA) is 69.9 Å². The van der Waals surface area contributed by atoms with Crippen LogP contribution in [0.25, 0.3) is 6.08 Å². The summed E-state index contributed by atoms with van der Waals surface area (Å²) in [6.07, 6.45) is 1.84. The summed E-state index contributed by atoms with van der Waals surface area (Å²) >= 11 is 4.84. The number of rotatable bonds is 5. The van der Waals surface area contributed by atoms with Crippen molar-refractivity contribution in [2.45, 2.75) is 26.8 Å². The van der Waals surface area contributed by atoms with E-state index in [1.54, 1.807) is 25.5 Å². The third kappa shape index (κ3) is 4.32. The van der Waals surface area contributed by atoms with Gasteiger partial charge in [-0.3, -0.25) is 9.36 Å². The number of para-hydroxylation sites is 1. The molecule has 4 rings (SSSR count). The van der Waals surface area contributed by atoms with E-state index < -0.39 is 12.0 Å². The second-order valence-electron chi connectivity index (χ2n) is 7.55. The summed E-state index contributed by atoms with van der Waals surface area (Å²) in [7, 11) is 1.57. The van der Waals surface area contributed by atoms with Crippen LogP contribution in [0.5, 0.6) is 5.75 Å². The van der Waals surface area contributed by atoms with Gasteiger partial charge in [0.15, 0.2) is 4.80 Å². The number of esters is 1. The highest BCUT2D eigenvalue weighted by Gasteiger charge is 2.34. The molecule has 0 spiro atoms. The van der Waals surface area contributed by atoms with Gasteiger partial charge in [0.2, 0.25) is 0 Å². The second-order valence-corrected chi connectivity index (χ2v) is 9.42. The Morgan fingerprint density at radius 1 is 1.24 bits per heavy atom. The number of ether oxygens (including phenoxy) is 2. The number of hydrogen-bond donors (Lipinski definition) is 0. The van der Waals surface area contributed by atoms with E-state index in [0.717, 1.165) is 15.6 Å². The molecule has 0 radical (unpaired) electrons. The van der Waals surface area contributed by atoms with Crippen LogP contribution < -0.4 is 19.6 Å². The zero-order valence-electron chi connectivity index (χ0n) is 18.7. The van der Waals surface area contributed by atoms with Gasteiger partial charge in [-0.25, -0.2) is 9.79 Å². The first-order chi connectivity index (χ1) is 15.8. The van der Waals surface area contributed by atoms with Crippen LogP contribution in [0, 0.1) is 6.92 Å². The Hall–Kier alpha value is -2.97. The van der Waals surface area contributed by atoms with Crippen molar-refractivity contribution < 1.29 is 14.3 Å². The van der Waals surface area contributed by atoms with E-state index in [2.05, 4.69) is 20.9 Å². The smallest absolute Gasteiger partial charge is 0.338 e. The fourth-order valence-electron chi connectivity index (χ4n) is 3.83. The van der Waals surface area contributed by atoms with Crippen LogP contribution >= 0.6 is 27.3 Å². The Labute approximate surface area is 203 Å². The number of hydrogen-bond acceptors (Lipinski definition) is 6. The molecule has 1 aromatic heterocycles. The first kappa shape index (κ1) is 23.2. The van der Waals surface area contributed by atoms with Crippen molar-refractivity contribution in [1.82, 2.24) is 4.57 Å². The van der Waals surface area contributed by atoms with E-state index in [1.807, 2.05) is 55.5 Å². The molecule has 0 N–H and O–H groups in total. The van der Waals surface area contributed by atoms with Gasteiger partial charge < -0.3 is 9.47 Å². The Balaban J connectivity index is 1.99. The van der Waals surface area contributed by atoms with Gasteiger partial charge in [0.1, 0.15) is 11.8 Å². The van der Waals surface area contributed by atoms with Crippen LogP contribution in [0.4, 0.5) is 0 Å². The summed E-state index contributed by atoms with van der Waals surface area (Å²) < 4.78 is 14.0. The lowest BCUT2D eigenvalue weighted by Gasteiger charge is -2.25. The molecule has 1 atom stereocenters. The van der Waals surface area contributed by atoms with Gasteiger partial charge >= 0.3 is 5.97 Å². The largest absolute Gasteiger partial charge is 0.496 e. The predicted octanol–water partition coefficient (Wildman–Crippen LogP) is 3.88. The minimum absolute atomic E-state index is 0.222. The fourth-order valence-corrected chi connectivity index (χ4v) is 5.27. The zero-order chi connectivity index (χ0) is 23.7. The zero-order valence-corrected chi connectivity index (χ0v) is 21.1. The van der Waals surface area contributed by atoms with Gasteiger partial charge in [-0.05, 0) is 50.1 Å². The quantitative estimate of drug-likeness (QED) is 0.473. The number of carbonyl (C=O) groups excluding carboxylic acids is 1. The number of thiazole rings is 1. The first-order valence-electron chi connectivity index (χ1n) is 10.4. The fraction of sp³-hybridized carbons (Fsp3) is 0.240. The molecule has 1 aliphatic heterocycles. The van der Waals surface area contributed by atoms with Crippen LogP contribution in [0.3, 0.4) is 0 Å². The minimum atomic E-state index is -0.705. The average molecular weight is 527 g/mol. The van der Waals surface area contributed by atoms with Crippen molar-refractivity contribution in [3.8, 4) is 5.75 Å². The molecule has 0 saturated carbocycles. The molecular formula is C25H23BrN2O4S. The molecule has 1 aliphatic rings.